The summed E-state index contributed by atoms with van der Waals surface area (Å²) in [5.41, 5.74) is 0.934. The Morgan fingerprint density at radius 3 is 2.16 bits per heavy atom. The molecule has 0 aliphatic rings. The SMILES string of the molecule is O=C(O)CCN(CCC(=O)O)Cc1cccc(Cl)c1. The smallest absolute Gasteiger partial charge is 0.304 e. The molecule has 0 radical (unpaired) electrons. The molecular formula is C13H16ClNO4. The Hall–Kier alpha value is -1.59. The van der Waals surface area contributed by atoms with Gasteiger partial charge in [-0.25, -0.2) is 0 Å². The van der Waals surface area contributed by atoms with Crippen molar-refractivity contribution in [2.75, 3.05) is 13.1 Å². The summed E-state index contributed by atoms with van der Waals surface area (Å²) in [5, 5.41) is 18.0. The van der Waals surface area contributed by atoms with Crippen molar-refractivity contribution in [2.45, 2.75) is 19.4 Å². The number of benzene rings is 1. The second kappa shape index (κ2) is 7.76. The standard InChI is InChI=1S/C13H16ClNO4/c14-11-3-1-2-10(8-11)9-15(6-4-12(16)17)7-5-13(18)19/h1-3,8H,4-7,9H2,(H,16,17)(H,18,19). The fourth-order valence-corrected chi connectivity index (χ4v) is 1.88. The van der Waals surface area contributed by atoms with Gasteiger partial charge in [0.05, 0.1) is 12.8 Å². The minimum Gasteiger partial charge on any atom is -0.481 e. The van der Waals surface area contributed by atoms with Crippen LogP contribution in [0, 0.1) is 0 Å². The monoisotopic (exact) mass is 285 g/mol. The van der Waals surface area contributed by atoms with Crippen molar-refractivity contribution >= 4 is 23.5 Å². The number of carboxylic acid groups (broad SMARTS) is 2. The van der Waals surface area contributed by atoms with Gasteiger partial charge in [-0.15, -0.1) is 0 Å². The largest absolute Gasteiger partial charge is 0.481 e. The Labute approximate surface area is 116 Å². The van der Waals surface area contributed by atoms with E-state index < -0.39 is 11.9 Å². The van der Waals surface area contributed by atoms with Gasteiger partial charge in [0.25, 0.3) is 0 Å². The second-order valence-electron chi connectivity index (χ2n) is 4.19. The number of carboxylic acids is 2. The third-order valence-electron chi connectivity index (χ3n) is 2.58. The zero-order valence-electron chi connectivity index (χ0n) is 10.4. The molecule has 0 aliphatic carbocycles. The normalized spacial score (nSPS) is 10.6. The Balaban J connectivity index is 2.61. The molecule has 0 unspecified atom stereocenters. The minimum atomic E-state index is -0.897. The summed E-state index contributed by atoms with van der Waals surface area (Å²) in [6.07, 6.45) is -0.0274. The Kier molecular flexibility index (Phi) is 6.32. The van der Waals surface area contributed by atoms with Crippen molar-refractivity contribution < 1.29 is 19.8 Å². The van der Waals surface area contributed by atoms with Crippen LogP contribution in [-0.2, 0) is 16.1 Å². The lowest BCUT2D eigenvalue weighted by atomic mass is 10.2. The summed E-state index contributed by atoms with van der Waals surface area (Å²) in [6, 6.07) is 7.23. The van der Waals surface area contributed by atoms with Crippen LogP contribution in [0.1, 0.15) is 18.4 Å². The predicted octanol–water partition coefficient (Wildman–Crippen LogP) is 2.09. The molecule has 1 rings (SSSR count). The molecule has 0 heterocycles. The summed E-state index contributed by atoms with van der Waals surface area (Å²) in [7, 11) is 0. The number of carbonyl (C=O) groups is 2. The molecule has 0 aliphatic heterocycles. The molecule has 0 saturated heterocycles. The van der Waals surface area contributed by atoms with Gasteiger partial charge < -0.3 is 10.2 Å². The molecule has 0 fully saturated rings. The van der Waals surface area contributed by atoms with Crippen LogP contribution in [0.25, 0.3) is 0 Å². The van der Waals surface area contributed by atoms with Crippen LogP contribution in [0.4, 0.5) is 0 Å². The molecular weight excluding hydrogens is 270 g/mol. The fraction of sp³-hybridized carbons (Fsp3) is 0.385. The van der Waals surface area contributed by atoms with E-state index in [4.69, 9.17) is 21.8 Å². The number of aliphatic carboxylic acids is 2. The number of nitrogens with zero attached hydrogens (tertiary/aromatic N) is 1. The van der Waals surface area contributed by atoms with Crippen LogP contribution in [0.15, 0.2) is 24.3 Å². The Morgan fingerprint density at radius 2 is 1.68 bits per heavy atom. The lowest BCUT2D eigenvalue weighted by Gasteiger charge is -2.20. The van der Waals surface area contributed by atoms with Gasteiger partial charge in [-0.3, -0.25) is 14.5 Å². The van der Waals surface area contributed by atoms with Crippen molar-refractivity contribution in [1.82, 2.24) is 4.90 Å². The molecule has 2 N–H and O–H groups in total. The summed E-state index contributed by atoms with van der Waals surface area (Å²) >= 11 is 5.88. The van der Waals surface area contributed by atoms with E-state index in [2.05, 4.69) is 0 Å². The first-order valence-electron chi connectivity index (χ1n) is 5.88. The van der Waals surface area contributed by atoms with Gasteiger partial charge in [-0.05, 0) is 17.7 Å². The average Bonchev–Trinajstić information content (AvgIpc) is 2.32. The molecule has 0 aromatic heterocycles. The van der Waals surface area contributed by atoms with Crippen LogP contribution >= 0.6 is 11.6 Å². The highest BCUT2D eigenvalue weighted by Gasteiger charge is 2.10. The van der Waals surface area contributed by atoms with E-state index in [0.29, 0.717) is 24.7 Å². The van der Waals surface area contributed by atoms with Crippen molar-refractivity contribution in [3.8, 4) is 0 Å². The quantitative estimate of drug-likeness (QED) is 0.765. The molecule has 104 valence electrons. The van der Waals surface area contributed by atoms with Gasteiger partial charge in [0, 0.05) is 24.7 Å². The third kappa shape index (κ3) is 6.79. The molecule has 6 heteroatoms. The van der Waals surface area contributed by atoms with Gasteiger partial charge in [0.1, 0.15) is 0 Å². The maximum Gasteiger partial charge on any atom is 0.304 e. The van der Waals surface area contributed by atoms with Crippen LogP contribution in [0.2, 0.25) is 5.02 Å². The molecule has 0 saturated carbocycles. The van der Waals surface area contributed by atoms with E-state index in [1.165, 1.54) is 0 Å². The summed E-state index contributed by atoms with van der Waals surface area (Å²) in [4.78, 5) is 23.0. The summed E-state index contributed by atoms with van der Waals surface area (Å²) in [5.74, 6) is -1.79. The molecule has 1 aromatic carbocycles. The first-order chi connectivity index (χ1) is 8.97. The third-order valence-corrected chi connectivity index (χ3v) is 2.81. The minimum absolute atomic E-state index is 0.0137. The summed E-state index contributed by atoms with van der Waals surface area (Å²) < 4.78 is 0. The van der Waals surface area contributed by atoms with Gasteiger partial charge in [-0.1, -0.05) is 23.7 Å². The van der Waals surface area contributed by atoms with Crippen LogP contribution < -0.4 is 0 Å². The Bertz CT molecular complexity index is 432. The maximum atomic E-state index is 10.6. The lowest BCUT2D eigenvalue weighted by molar-refractivity contribution is -0.137. The number of hydrogen-bond donors (Lipinski definition) is 2. The topological polar surface area (TPSA) is 77.8 Å². The highest BCUT2D eigenvalue weighted by molar-refractivity contribution is 6.30. The predicted molar refractivity (Wildman–Crippen MR) is 71.2 cm³/mol. The zero-order chi connectivity index (χ0) is 14.3. The Morgan fingerprint density at radius 1 is 1.11 bits per heavy atom. The van der Waals surface area contributed by atoms with Gasteiger partial charge >= 0.3 is 11.9 Å². The van der Waals surface area contributed by atoms with E-state index in [9.17, 15) is 9.59 Å². The van der Waals surface area contributed by atoms with Crippen molar-refractivity contribution in [1.29, 1.82) is 0 Å². The number of halogens is 1. The van der Waals surface area contributed by atoms with E-state index in [1.807, 2.05) is 12.1 Å². The van der Waals surface area contributed by atoms with Crippen LogP contribution in [0.3, 0.4) is 0 Å². The van der Waals surface area contributed by atoms with E-state index in [0.717, 1.165) is 5.56 Å². The number of hydrogen-bond acceptors (Lipinski definition) is 3. The summed E-state index contributed by atoms with van der Waals surface area (Å²) in [6.45, 7) is 1.12. The van der Waals surface area contributed by atoms with E-state index >= 15 is 0 Å². The molecule has 19 heavy (non-hydrogen) atoms. The van der Waals surface area contributed by atoms with Crippen LogP contribution in [0.5, 0.6) is 0 Å². The zero-order valence-corrected chi connectivity index (χ0v) is 11.1. The van der Waals surface area contributed by atoms with Crippen LogP contribution in [-0.4, -0.2) is 40.1 Å². The molecule has 0 spiro atoms. The molecule has 0 amide bonds. The van der Waals surface area contributed by atoms with Crippen molar-refractivity contribution in [2.24, 2.45) is 0 Å². The lowest BCUT2D eigenvalue weighted by Crippen LogP contribution is -2.28. The number of rotatable bonds is 8. The van der Waals surface area contributed by atoms with Gasteiger partial charge in [-0.2, -0.15) is 0 Å². The molecule has 5 nitrogen and oxygen atoms in total. The van der Waals surface area contributed by atoms with E-state index in [1.54, 1.807) is 17.0 Å². The van der Waals surface area contributed by atoms with Gasteiger partial charge in [0.15, 0.2) is 0 Å². The first-order valence-corrected chi connectivity index (χ1v) is 6.25. The highest BCUT2D eigenvalue weighted by atomic mass is 35.5. The fourth-order valence-electron chi connectivity index (χ4n) is 1.67. The van der Waals surface area contributed by atoms with E-state index in [-0.39, 0.29) is 12.8 Å². The molecule has 1 aromatic rings. The molecule has 0 atom stereocenters. The average molecular weight is 286 g/mol. The first kappa shape index (κ1) is 15.5. The van der Waals surface area contributed by atoms with Crippen molar-refractivity contribution in [3.05, 3.63) is 34.9 Å². The second-order valence-corrected chi connectivity index (χ2v) is 4.63. The molecule has 0 bridgehead atoms. The van der Waals surface area contributed by atoms with Gasteiger partial charge in [0.2, 0.25) is 0 Å². The van der Waals surface area contributed by atoms with Crippen molar-refractivity contribution in [3.63, 3.8) is 0 Å². The highest BCUT2D eigenvalue weighted by Crippen LogP contribution is 2.13. The maximum absolute atomic E-state index is 10.6.